The molecule has 0 spiro atoms. The van der Waals surface area contributed by atoms with Gasteiger partial charge in [0.15, 0.2) is 0 Å². The highest BCUT2D eigenvalue weighted by atomic mass is 32.1. The van der Waals surface area contributed by atoms with Crippen LogP contribution < -0.4 is 5.73 Å². The summed E-state index contributed by atoms with van der Waals surface area (Å²) in [6.07, 6.45) is 0. The lowest BCUT2D eigenvalue weighted by Crippen LogP contribution is -2.18. The van der Waals surface area contributed by atoms with Crippen LogP contribution in [0.1, 0.15) is 18.4 Å². The van der Waals surface area contributed by atoms with Crippen LogP contribution in [0.3, 0.4) is 0 Å². The Morgan fingerprint density at radius 2 is 2.14 bits per heavy atom. The fraction of sp³-hybridized carbons (Fsp3) is 0.182. The molecule has 3 heteroatoms. The third-order valence-electron chi connectivity index (χ3n) is 2.40. The Balaban J connectivity index is 2.58. The zero-order valence-corrected chi connectivity index (χ0v) is 8.67. The molecule has 72 valence electrons. The van der Waals surface area contributed by atoms with E-state index in [9.17, 15) is 4.79 Å². The summed E-state index contributed by atoms with van der Waals surface area (Å²) < 4.78 is 1.20. The number of benzene rings is 1. The Bertz CT molecular complexity index is 475. The number of carbonyl (C=O) groups excluding carboxylic acids is 1. The molecule has 2 nitrogen and oxygen atoms in total. The summed E-state index contributed by atoms with van der Waals surface area (Å²) in [5, 5.41) is 3.16. The minimum atomic E-state index is -0.270. The van der Waals surface area contributed by atoms with Crippen LogP contribution in [0.5, 0.6) is 0 Å². The molecule has 0 radical (unpaired) electrons. The van der Waals surface area contributed by atoms with Crippen molar-refractivity contribution in [1.29, 1.82) is 0 Å². The SMILES string of the molecule is CC(C(N)=O)c1csc2ccccc12. The first kappa shape index (κ1) is 9.21. The molecule has 1 heterocycles. The average Bonchev–Trinajstić information content (AvgIpc) is 2.60. The maximum Gasteiger partial charge on any atom is 0.224 e. The van der Waals surface area contributed by atoms with Crippen molar-refractivity contribution in [2.45, 2.75) is 12.8 Å². The molecule has 0 bridgehead atoms. The van der Waals surface area contributed by atoms with Gasteiger partial charge in [0.05, 0.1) is 5.92 Å². The number of nitrogens with two attached hydrogens (primary N) is 1. The van der Waals surface area contributed by atoms with Crippen LogP contribution in [0.4, 0.5) is 0 Å². The number of carbonyl (C=O) groups is 1. The van der Waals surface area contributed by atoms with Gasteiger partial charge < -0.3 is 5.73 Å². The van der Waals surface area contributed by atoms with Gasteiger partial charge in [0.2, 0.25) is 5.91 Å². The Morgan fingerprint density at radius 1 is 1.43 bits per heavy atom. The molecule has 2 N–H and O–H groups in total. The van der Waals surface area contributed by atoms with Gasteiger partial charge in [-0.15, -0.1) is 11.3 Å². The van der Waals surface area contributed by atoms with Gasteiger partial charge in [-0.05, 0) is 29.3 Å². The smallest absolute Gasteiger partial charge is 0.224 e. The molecule has 0 fully saturated rings. The van der Waals surface area contributed by atoms with E-state index in [1.54, 1.807) is 11.3 Å². The maximum absolute atomic E-state index is 11.1. The first-order valence-corrected chi connectivity index (χ1v) is 5.33. The number of rotatable bonds is 2. The molecule has 0 aliphatic carbocycles. The van der Waals surface area contributed by atoms with Crippen LogP contribution in [0.2, 0.25) is 0 Å². The number of hydrogen-bond acceptors (Lipinski definition) is 2. The van der Waals surface area contributed by atoms with Crippen molar-refractivity contribution in [3.05, 3.63) is 35.2 Å². The summed E-state index contributed by atoms with van der Waals surface area (Å²) in [5.41, 5.74) is 6.32. The molecule has 1 amide bonds. The van der Waals surface area contributed by atoms with E-state index >= 15 is 0 Å². The molecule has 1 aromatic carbocycles. The topological polar surface area (TPSA) is 43.1 Å². The lowest BCUT2D eigenvalue weighted by molar-refractivity contribution is -0.119. The zero-order chi connectivity index (χ0) is 10.1. The molecule has 0 aliphatic rings. The summed E-state index contributed by atoms with van der Waals surface area (Å²) >= 11 is 1.65. The van der Waals surface area contributed by atoms with Crippen molar-refractivity contribution >= 4 is 27.3 Å². The van der Waals surface area contributed by atoms with E-state index in [2.05, 4.69) is 6.07 Å². The molecule has 14 heavy (non-hydrogen) atoms. The van der Waals surface area contributed by atoms with Gasteiger partial charge in [-0.2, -0.15) is 0 Å². The van der Waals surface area contributed by atoms with Crippen LogP contribution in [-0.2, 0) is 4.79 Å². The number of primary amides is 1. The second-order valence-electron chi connectivity index (χ2n) is 3.31. The van der Waals surface area contributed by atoms with Gasteiger partial charge in [0.1, 0.15) is 0 Å². The van der Waals surface area contributed by atoms with E-state index in [0.29, 0.717) is 0 Å². The summed E-state index contributed by atoms with van der Waals surface area (Å²) in [4.78, 5) is 11.1. The van der Waals surface area contributed by atoms with Crippen molar-refractivity contribution in [2.75, 3.05) is 0 Å². The van der Waals surface area contributed by atoms with E-state index in [0.717, 1.165) is 10.9 Å². The quantitative estimate of drug-likeness (QED) is 0.804. The normalized spacial score (nSPS) is 12.9. The standard InChI is InChI=1S/C11H11NOS/c1-7(11(12)13)9-6-14-10-5-3-2-4-8(9)10/h2-7H,1H3,(H2,12,13). The molecule has 2 rings (SSSR count). The molecule has 0 saturated heterocycles. The van der Waals surface area contributed by atoms with E-state index in [1.165, 1.54) is 4.70 Å². The predicted octanol–water partition coefficient (Wildman–Crippen LogP) is 2.49. The zero-order valence-electron chi connectivity index (χ0n) is 7.86. The minimum absolute atomic E-state index is 0.203. The predicted molar refractivity (Wildman–Crippen MR) is 59.4 cm³/mol. The Morgan fingerprint density at radius 3 is 2.86 bits per heavy atom. The van der Waals surface area contributed by atoms with Crippen LogP contribution in [0.15, 0.2) is 29.6 Å². The summed E-state index contributed by atoms with van der Waals surface area (Å²) in [5.74, 6) is -0.472. The maximum atomic E-state index is 11.1. The van der Waals surface area contributed by atoms with Crippen LogP contribution in [0, 0.1) is 0 Å². The van der Waals surface area contributed by atoms with E-state index < -0.39 is 0 Å². The minimum Gasteiger partial charge on any atom is -0.369 e. The third-order valence-corrected chi connectivity index (χ3v) is 3.39. The summed E-state index contributed by atoms with van der Waals surface area (Å²) in [7, 11) is 0. The average molecular weight is 205 g/mol. The van der Waals surface area contributed by atoms with E-state index in [1.807, 2.05) is 30.5 Å². The fourth-order valence-corrected chi connectivity index (χ4v) is 2.54. The highest BCUT2D eigenvalue weighted by molar-refractivity contribution is 7.17. The van der Waals surface area contributed by atoms with Gasteiger partial charge in [-0.25, -0.2) is 0 Å². The number of hydrogen-bond donors (Lipinski definition) is 1. The number of thiophene rings is 1. The lowest BCUT2D eigenvalue weighted by atomic mass is 10.0. The van der Waals surface area contributed by atoms with Crippen molar-refractivity contribution in [1.82, 2.24) is 0 Å². The molecular formula is C11H11NOS. The highest BCUT2D eigenvalue weighted by Crippen LogP contribution is 2.30. The molecule has 0 aliphatic heterocycles. The Hall–Kier alpha value is -1.35. The van der Waals surface area contributed by atoms with Gasteiger partial charge in [-0.1, -0.05) is 18.2 Å². The lowest BCUT2D eigenvalue weighted by Gasteiger charge is -2.04. The van der Waals surface area contributed by atoms with Gasteiger partial charge >= 0.3 is 0 Å². The first-order chi connectivity index (χ1) is 6.70. The molecule has 0 saturated carbocycles. The molecular weight excluding hydrogens is 194 g/mol. The Kier molecular flexibility index (Phi) is 2.25. The largest absolute Gasteiger partial charge is 0.369 e. The van der Waals surface area contributed by atoms with Crippen LogP contribution in [0.25, 0.3) is 10.1 Å². The van der Waals surface area contributed by atoms with Crippen LogP contribution >= 0.6 is 11.3 Å². The van der Waals surface area contributed by atoms with E-state index in [4.69, 9.17) is 5.73 Å². The molecule has 1 atom stereocenters. The van der Waals surface area contributed by atoms with Crippen molar-refractivity contribution in [3.8, 4) is 0 Å². The monoisotopic (exact) mass is 205 g/mol. The number of amides is 1. The van der Waals surface area contributed by atoms with Crippen molar-refractivity contribution in [2.24, 2.45) is 5.73 Å². The van der Waals surface area contributed by atoms with Gasteiger partial charge in [-0.3, -0.25) is 4.79 Å². The van der Waals surface area contributed by atoms with Crippen molar-refractivity contribution in [3.63, 3.8) is 0 Å². The van der Waals surface area contributed by atoms with Crippen molar-refractivity contribution < 1.29 is 4.79 Å². The molecule has 2 aromatic rings. The molecule has 1 aromatic heterocycles. The highest BCUT2D eigenvalue weighted by Gasteiger charge is 2.15. The first-order valence-electron chi connectivity index (χ1n) is 4.45. The summed E-state index contributed by atoms with van der Waals surface area (Å²) in [6, 6.07) is 8.06. The van der Waals surface area contributed by atoms with Gasteiger partial charge in [0, 0.05) is 4.70 Å². The number of fused-ring (bicyclic) bond motifs is 1. The third kappa shape index (κ3) is 1.40. The fourth-order valence-electron chi connectivity index (χ4n) is 1.49. The Labute approximate surface area is 86.3 Å². The van der Waals surface area contributed by atoms with E-state index in [-0.39, 0.29) is 11.8 Å². The summed E-state index contributed by atoms with van der Waals surface area (Å²) in [6.45, 7) is 1.84. The second kappa shape index (κ2) is 3.42. The molecule has 1 unspecified atom stereocenters. The second-order valence-corrected chi connectivity index (χ2v) is 4.22. The van der Waals surface area contributed by atoms with Crippen LogP contribution in [-0.4, -0.2) is 5.91 Å². The van der Waals surface area contributed by atoms with Gasteiger partial charge in [0.25, 0.3) is 0 Å².